The first-order valence-corrected chi connectivity index (χ1v) is 6.38. The second-order valence-corrected chi connectivity index (χ2v) is 4.86. The molecule has 0 radical (unpaired) electrons. The van der Waals surface area contributed by atoms with E-state index in [0.29, 0.717) is 16.3 Å². The summed E-state index contributed by atoms with van der Waals surface area (Å²) in [5.74, 6) is 0.0104. The molecule has 0 atom stereocenters. The van der Waals surface area contributed by atoms with Crippen LogP contribution in [0, 0.1) is 12.7 Å². The molecular weight excluding hydrogens is 281 g/mol. The molecule has 0 aliphatic heterocycles. The van der Waals surface area contributed by atoms with Crippen LogP contribution in [0.4, 0.5) is 4.39 Å². The van der Waals surface area contributed by atoms with Crippen molar-refractivity contribution < 1.29 is 19.2 Å². The smallest absolute Gasteiger partial charge is 0.489 e. The van der Waals surface area contributed by atoms with Gasteiger partial charge in [0.1, 0.15) is 18.2 Å². The Morgan fingerprint density at radius 1 is 1.20 bits per heavy atom. The van der Waals surface area contributed by atoms with Crippen molar-refractivity contribution >= 4 is 24.2 Å². The van der Waals surface area contributed by atoms with E-state index in [4.69, 9.17) is 26.4 Å². The van der Waals surface area contributed by atoms with Crippen LogP contribution >= 0.6 is 11.6 Å². The quantitative estimate of drug-likeness (QED) is 0.849. The molecule has 2 aromatic carbocycles. The van der Waals surface area contributed by atoms with E-state index in [1.807, 2.05) is 6.92 Å². The molecule has 0 heterocycles. The fourth-order valence-corrected chi connectivity index (χ4v) is 2.04. The summed E-state index contributed by atoms with van der Waals surface area (Å²) in [6, 6.07) is 9.34. The Morgan fingerprint density at radius 2 is 1.95 bits per heavy atom. The van der Waals surface area contributed by atoms with Crippen LogP contribution in [0.25, 0.3) is 0 Å². The third-order valence-electron chi connectivity index (χ3n) is 2.87. The molecule has 0 fully saturated rings. The van der Waals surface area contributed by atoms with Gasteiger partial charge < -0.3 is 14.8 Å². The van der Waals surface area contributed by atoms with E-state index in [9.17, 15) is 4.39 Å². The first kappa shape index (κ1) is 14.8. The van der Waals surface area contributed by atoms with Gasteiger partial charge in [0.15, 0.2) is 0 Å². The number of hydrogen-bond donors (Lipinski definition) is 2. The van der Waals surface area contributed by atoms with Crippen LogP contribution in [0.15, 0.2) is 36.4 Å². The number of ether oxygens (including phenoxy) is 1. The van der Waals surface area contributed by atoms with Gasteiger partial charge in [-0.15, -0.1) is 0 Å². The van der Waals surface area contributed by atoms with Gasteiger partial charge in [0.05, 0.1) is 0 Å². The predicted molar refractivity (Wildman–Crippen MR) is 76.7 cm³/mol. The van der Waals surface area contributed by atoms with Gasteiger partial charge >= 0.3 is 7.12 Å². The highest BCUT2D eigenvalue weighted by Gasteiger charge is 2.16. The van der Waals surface area contributed by atoms with Crippen LogP contribution in [-0.2, 0) is 6.61 Å². The first-order valence-electron chi connectivity index (χ1n) is 6.01. The van der Waals surface area contributed by atoms with E-state index in [2.05, 4.69) is 0 Å². The van der Waals surface area contributed by atoms with Gasteiger partial charge in [-0.1, -0.05) is 23.7 Å². The van der Waals surface area contributed by atoms with E-state index in [1.54, 1.807) is 18.2 Å². The number of halogens is 2. The molecule has 3 nitrogen and oxygen atoms in total. The average molecular weight is 295 g/mol. The summed E-state index contributed by atoms with van der Waals surface area (Å²) < 4.78 is 18.9. The number of hydrogen-bond acceptors (Lipinski definition) is 3. The predicted octanol–water partition coefficient (Wildman–Crippen LogP) is 2.05. The largest absolute Gasteiger partial charge is 0.491 e. The molecule has 0 spiro atoms. The summed E-state index contributed by atoms with van der Waals surface area (Å²) in [6.07, 6.45) is 0. The van der Waals surface area contributed by atoms with Crippen molar-refractivity contribution in [2.75, 3.05) is 0 Å². The minimum Gasteiger partial charge on any atom is -0.489 e. The SMILES string of the molecule is Cc1cc(Cl)ccc1OCc1ccc(F)c(B(O)O)c1. The highest BCUT2D eigenvalue weighted by molar-refractivity contribution is 6.58. The standard InChI is InChI=1S/C14H13BClFO3/c1-9-6-11(16)3-5-14(9)20-8-10-2-4-13(17)12(7-10)15(18)19/h2-7,18-19H,8H2,1H3. The van der Waals surface area contributed by atoms with Crippen molar-refractivity contribution in [1.82, 2.24) is 0 Å². The normalized spacial score (nSPS) is 10.4. The van der Waals surface area contributed by atoms with Crippen LogP contribution < -0.4 is 10.2 Å². The summed E-state index contributed by atoms with van der Waals surface area (Å²) in [7, 11) is -1.84. The van der Waals surface area contributed by atoms with Crippen molar-refractivity contribution in [1.29, 1.82) is 0 Å². The van der Waals surface area contributed by atoms with Gasteiger partial charge in [0.2, 0.25) is 0 Å². The zero-order valence-electron chi connectivity index (χ0n) is 10.8. The fraction of sp³-hybridized carbons (Fsp3) is 0.143. The van der Waals surface area contributed by atoms with Gasteiger partial charge in [-0.3, -0.25) is 0 Å². The van der Waals surface area contributed by atoms with E-state index in [1.165, 1.54) is 18.2 Å². The fourth-order valence-electron chi connectivity index (χ4n) is 1.82. The third kappa shape index (κ3) is 3.51. The first-order chi connectivity index (χ1) is 9.47. The van der Waals surface area contributed by atoms with Crippen LogP contribution in [0.3, 0.4) is 0 Å². The third-order valence-corrected chi connectivity index (χ3v) is 3.10. The summed E-state index contributed by atoms with van der Waals surface area (Å²) in [5.41, 5.74) is 1.37. The van der Waals surface area contributed by atoms with E-state index < -0.39 is 12.9 Å². The molecule has 0 aromatic heterocycles. The van der Waals surface area contributed by atoms with E-state index >= 15 is 0 Å². The minimum atomic E-state index is -1.84. The summed E-state index contributed by atoms with van der Waals surface area (Å²) in [4.78, 5) is 0. The highest BCUT2D eigenvalue weighted by Crippen LogP contribution is 2.22. The molecule has 0 unspecified atom stereocenters. The average Bonchev–Trinajstić information content (AvgIpc) is 2.39. The molecule has 0 saturated carbocycles. The highest BCUT2D eigenvalue weighted by atomic mass is 35.5. The molecule has 0 aliphatic rings. The minimum absolute atomic E-state index is 0.168. The zero-order chi connectivity index (χ0) is 14.7. The zero-order valence-corrected chi connectivity index (χ0v) is 11.6. The Labute approximate surface area is 121 Å². The Kier molecular flexibility index (Phi) is 4.65. The monoisotopic (exact) mass is 294 g/mol. The topological polar surface area (TPSA) is 49.7 Å². The van der Waals surface area contributed by atoms with Crippen LogP contribution in [-0.4, -0.2) is 17.2 Å². The lowest BCUT2D eigenvalue weighted by Gasteiger charge is -2.10. The van der Waals surface area contributed by atoms with Gasteiger partial charge in [-0.05, 0) is 42.3 Å². The summed E-state index contributed by atoms with van der Waals surface area (Å²) >= 11 is 5.85. The Hall–Kier alpha value is -1.56. The molecule has 0 aliphatic carbocycles. The maximum atomic E-state index is 13.3. The van der Waals surface area contributed by atoms with Gasteiger partial charge in [0.25, 0.3) is 0 Å². The van der Waals surface area contributed by atoms with Crippen molar-refractivity contribution in [2.45, 2.75) is 13.5 Å². The maximum absolute atomic E-state index is 13.3. The molecule has 0 bridgehead atoms. The van der Waals surface area contributed by atoms with Crippen molar-refractivity contribution in [3.8, 4) is 5.75 Å². The maximum Gasteiger partial charge on any atom is 0.491 e. The van der Waals surface area contributed by atoms with Crippen molar-refractivity contribution in [3.63, 3.8) is 0 Å². The number of rotatable bonds is 4. The van der Waals surface area contributed by atoms with Crippen molar-refractivity contribution in [3.05, 3.63) is 58.4 Å². The molecule has 2 rings (SSSR count). The van der Waals surface area contributed by atoms with E-state index in [0.717, 1.165) is 5.56 Å². The molecule has 104 valence electrons. The van der Waals surface area contributed by atoms with Gasteiger partial charge in [-0.2, -0.15) is 0 Å². The summed E-state index contributed by atoms with van der Waals surface area (Å²) in [6.45, 7) is 2.07. The Morgan fingerprint density at radius 3 is 2.60 bits per heavy atom. The second-order valence-electron chi connectivity index (χ2n) is 4.43. The lowest BCUT2D eigenvalue weighted by Crippen LogP contribution is -2.33. The number of benzene rings is 2. The second kappa shape index (κ2) is 6.26. The van der Waals surface area contributed by atoms with Crippen LogP contribution in [0.1, 0.15) is 11.1 Å². The Balaban J connectivity index is 2.13. The summed E-state index contributed by atoms with van der Waals surface area (Å²) in [5, 5.41) is 18.7. The van der Waals surface area contributed by atoms with Crippen LogP contribution in [0.2, 0.25) is 5.02 Å². The Bertz CT molecular complexity index is 619. The lowest BCUT2D eigenvalue weighted by atomic mass is 9.79. The molecule has 2 N–H and O–H groups in total. The molecule has 20 heavy (non-hydrogen) atoms. The van der Waals surface area contributed by atoms with Crippen LogP contribution in [0.5, 0.6) is 5.75 Å². The molecule has 0 saturated heterocycles. The van der Waals surface area contributed by atoms with Gasteiger partial charge in [-0.25, -0.2) is 4.39 Å². The van der Waals surface area contributed by atoms with E-state index in [-0.39, 0.29) is 12.1 Å². The van der Waals surface area contributed by atoms with Gasteiger partial charge in [0, 0.05) is 10.5 Å². The molecule has 2 aromatic rings. The molecule has 0 amide bonds. The lowest BCUT2D eigenvalue weighted by molar-refractivity contribution is 0.304. The molecule has 6 heteroatoms. The molecular formula is C14H13BClFO3. The van der Waals surface area contributed by atoms with Crippen molar-refractivity contribution in [2.24, 2.45) is 0 Å². The number of aryl methyl sites for hydroxylation is 1.